The summed E-state index contributed by atoms with van der Waals surface area (Å²) < 4.78 is 8.40. The van der Waals surface area contributed by atoms with E-state index in [0.717, 1.165) is 15.8 Å². The second kappa shape index (κ2) is 8.16. The second-order valence-electron chi connectivity index (χ2n) is 6.21. The molecule has 0 bridgehead atoms. The van der Waals surface area contributed by atoms with Crippen molar-refractivity contribution < 1.29 is 9.53 Å². The fourth-order valence-electron chi connectivity index (χ4n) is 2.76. The Hall–Kier alpha value is -1.95. The Morgan fingerprint density at radius 1 is 1.23 bits per heavy atom. The lowest BCUT2D eigenvalue weighted by atomic mass is 10.1. The van der Waals surface area contributed by atoms with E-state index in [-0.39, 0.29) is 12.3 Å². The van der Waals surface area contributed by atoms with Gasteiger partial charge < -0.3 is 9.30 Å². The van der Waals surface area contributed by atoms with E-state index < -0.39 is 0 Å². The van der Waals surface area contributed by atoms with Gasteiger partial charge in [0.1, 0.15) is 0 Å². The van der Waals surface area contributed by atoms with E-state index in [1.165, 1.54) is 22.5 Å². The summed E-state index contributed by atoms with van der Waals surface area (Å²) in [5.41, 5.74) is 4.32. The summed E-state index contributed by atoms with van der Waals surface area (Å²) in [7, 11) is 1.67. The van der Waals surface area contributed by atoms with Gasteiger partial charge in [0.05, 0.1) is 23.2 Å². The molecule has 0 N–H and O–H groups in total. The lowest BCUT2D eigenvalue weighted by molar-refractivity contribution is -0.117. The number of rotatable bonds is 5. The van der Waals surface area contributed by atoms with Crippen molar-refractivity contribution in [3.8, 4) is 0 Å². The molecule has 1 aromatic heterocycles. The molecule has 0 aliphatic heterocycles. The molecule has 0 aliphatic carbocycles. The number of methoxy groups -OCH3 is 1. The molecule has 0 atom stereocenters. The van der Waals surface area contributed by atoms with E-state index in [2.05, 4.69) is 35.5 Å². The molecule has 3 aromatic rings. The van der Waals surface area contributed by atoms with Gasteiger partial charge in [0.15, 0.2) is 4.80 Å². The molecule has 3 rings (SSSR count). The van der Waals surface area contributed by atoms with E-state index in [0.29, 0.717) is 23.0 Å². The molecule has 0 radical (unpaired) electrons. The SMILES string of the molecule is COCCn1c(=NC(=O)Cc2ccccc2Cl)sc2cc(C)c(C)cc21. The first-order valence-electron chi connectivity index (χ1n) is 8.40. The summed E-state index contributed by atoms with van der Waals surface area (Å²) in [4.78, 5) is 17.6. The zero-order chi connectivity index (χ0) is 18.7. The third-order valence-electron chi connectivity index (χ3n) is 4.34. The Morgan fingerprint density at radius 3 is 2.69 bits per heavy atom. The molecule has 0 saturated heterocycles. The number of thiazole rings is 1. The predicted molar refractivity (Wildman–Crippen MR) is 107 cm³/mol. The summed E-state index contributed by atoms with van der Waals surface area (Å²) in [6.07, 6.45) is 0.191. The molecule has 6 heteroatoms. The van der Waals surface area contributed by atoms with Crippen LogP contribution in [0.5, 0.6) is 0 Å². The normalized spacial score (nSPS) is 12.1. The molecule has 0 saturated carbocycles. The number of benzene rings is 2. The third-order valence-corrected chi connectivity index (χ3v) is 5.75. The van der Waals surface area contributed by atoms with E-state index in [1.54, 1.807) is 13.2 Å². The van der Waals surface area contributed by atoms with Crippen LogP contribution in [0.15, 0.2) is 41.4 Å². The Morgan fingerprint density at radius 2 is 1.96 bits per heavy atom. The first-order valence-corrected chi connectivity index (χ1v) is 9.59. The minimum Gasteiger partial charge on any atom is -0.383 e. The van der Waals surface area contributed by atoms with Crippen LogP contribution in [-0.4, -0.2) is 24.2 Å². The maximum absolute atomic E-state index is 12.5. The van der Waals surface area contributed by atoms with Crippen molar-refractivity contribution >= 4 is 39.1 Å². The number of hydrogen-bond acceptors (Lipinski definition) is 3. The number of carbonyl (C=O) groups is 1. The van der Waals surface area contributed by atoms with Crippen molar-refractivity contribution in [2.75, 3.05) is 13.7 Å². The van der Waals surface area contributed by atoms with Crippen molar-refractivity contribution in [2.24, 2.45) is 4.99 Å². The molecule has 0 unspecified atom stereocenters. The van der Waals surface area contributed by atoms with Gasteiger partial charge in [0.2, 0.25) is 0 Å². The molecule has 26 heavy (non-hydrogen) atoms. The number of aryl methyl sites for hydroxylation is 2. The van der Waals surface area contributed by atoms with E-state index >= 15 is 0 Å². The highest BCUT2D eigenvalue weighted by molar-refractivity contribution is 7.16. The molecular formula is C20H21ClN2O2S. The maximum atomic E-state index is 12.5. The predicted octanol–water partition coefficient (Wildman–Crippen LogP) is 4.29. The van der Waals surface area contributed by atoms with Gasteiger partial charge in [-0.3, -0.25) is 4.79 Å². The second-order valence-corrected chi connectivity index (χ2v) is 7.62. The number of hydrogen-bond donors (Lipinski definition) is 0. The van der Waals surface area contributed by atoms with Gasteiger partial charge in [0, 0.05) is 18.7 Å². The van der Waals surface area contributed by atoms with Gasteiger partial charge >= 0.3 is 0 Å². The minimum atomic E-state index is -0.204. The smallest absolute Gasteiger partial charge is 0.252 e. The van der Waals surface area contributed by atoms with Gasteiger partial charge in [-0.1, -0.05) is 41.1 Å². The van der Waals surface area contributed by atoms with Crippen LogP contribution in [0.1, 0.15) is 16.7 Å². The van der Waals surface area contributed by atoms with Gasteiger partial charge in [0.25, 0.3) is 5.91 Å². The van der Waals surface area contributed by atoms with Gasteiger partial charge in [-0.2, -0.15) is 4.99 Å². The van der Waals surface area contributed by atoms with E-state index in [1.807, 2.05) is 18.2 Å². The highest BCUT2D eigenvalue weighted by Crippen LogP contribution is 2.22. The van der Waals surface area contributed by atoms with Crippen molar-refractivity contribution in [3.05, 3.63) is 62.9 Å². The monoisotopic (exact) mass is 388 g/mol. The first-order chi connectivity index (χ1) is 12.5. The number of halogens is 1. The number of ether oxygens (including phenoxy) is 1. The summed E-state index contributed by atoms with van der Waals surface area (Å²) in [5, 5.41) is 0.589. The molecule has 0 aliphatic rings. The van der Waals surface area contributed by atoms with Crippen LogP contribution >= 0.6 is 22.9 Å². The summed E-state index contributed by atoms with van der Waals surface area (Å²) in [6, 6.07) is 11.7. The highest BCUT2D eigenvalue weighted by Gasteiger charge is 2.11. The van der Waals surface area contributed by atoms with Crippen LogP contribution in [0.3, 0.4) is 0 Å². The zero-order valence-corrected chi connectivity index (χ0v) is 16.7. The molecule has 4 nitrogen and oxygen atoms in total. The fraction of sp³-hybridized carbons (Fsp3) is 0.300. The summed E-state index contributed by atoms with van der Waals surface area (Å²) in [6.45, 7) is 5.39. The largest absolute Gasteiger partial charge is 0.383 e. The molecule has 2 aromatic carbocycles. The van der Waals surface area contributed by atoms with E-state index in [9.17, 15) is 4.79 Å². The molecule has 1 amide bonds. The van der Waals surface area contributed by atoms with Crippen molar-refractivity contribution in [3.63, 3.8) is 0 Å². The van der Waals surface area contributed by atoms with Crippen molar-refractivity contribution in [1.82, 2.24) is 4.57 Å². The van der Waals surface area contributed by atoms with Gasteiger partial charge in [-0.25, -0.2) is 0 Å². The number of amides is 1. The fourth-order valence-corrected chi connectivity index (χ4v) is 4.11. The Labute approximate surface area is 161 Å². The standard InChI is InChI=1S/C20H21ClN2O2S/c1-13-10-17-18(11-14(13)2)26-20(23(17)8-9-25-3)22-19(24)12-15-6-4-5-7-16(15)21/h4-7,10-11H,8-9,12H2,1-3H3. The average molecular weight is 389 g/mol. The molecule has 0 fully saturated rings. The lowest BCUT2D eigenvalue weighted by Gasteiger charge is -2.06. The zero-order valence-electron chi connectivity index (χ0n) is 15.1. The number of aromatic nitrogens is 1. The highest BCUT2D eigenvalue weighted by atomic mass is 35.5. The number of carbonyl (C=O) groups excluding carboxylic acids is 1. The molecule has 1 heterocycles. The minimum absolute atomic E-state index is 0.191. The molecular weight excluding hydrogens is 368 g/mol. The molecule has 0 spiro atoms. The Bertz CT molecular complexity index is 1020. The average Bonchev–Trinajstić information content (AvgIpc) is 2.91. The number of fused-ring (bicyclic) bond motifs is 1. The Kier molecular flexibility index (Phi) is 5.91. The van der Waals surface area contributed by atoms with Crippen molar-refractivity contribution in [2.45, 2.75) is 26.8 Å². The van der Waals surface area contributed by atoms with Gasteiger partial charge in [-0.05, 0) is 48.7 Å². The van der Waals surface area contributed by atoms with Crippen LogP contribution in [0, 0.1) is 13.8 Å². The summed E-state index contributed by atoms with van der Waals surface area (Å²) in [5.74, 6) is -0.204. The molecule has 136 valence electrons. The summed E-state index contributed by atoms with van der Waals surface area (Å²) >= 11 is 7.68. The van der Waals surface area contributed by atoms with Crippen LogP contribution in [-0.2, 0) is 22.5 Å². The van der Waals surface area contributed by atoms with Crippen LogP contribution in [0.2, 0.25) is 5.02 Å². The maximum Gasteiger partial charge on any atom is 0.252 e. The quantitative estimate of drug-likeness (QED) is 0.654. The lowest BCUT2D eigenvalue weighted by Crippen LogP contribution is -2.19. The number of nitrogens with zero attached hydrogens (tertiary/aromatic N) is 2. The topological polar surface area (TPSA) is 43.6 Å². The van der Waals surface area contributed by atoms with E-state index in [4.69, 9.17) is 16.3 Å². The van der Waals surface area contributed by atoms with Crippen LogP contribution in [0.4, 0.5) is 0 Å². The third kappa shape index (κ3) is 4.06. The van der Waals surface area contributed by atoms with Crippen LogP contribution < -0.4 is 4.80 Å². The van der Waals surface area contributed by atoms with Gasteiger partial charge in [-0.15, -0.1) is 0 Å². The van der Waals surface area contributed by atoms with Crippen molar-refractivity contribution in [1.29, 1.82) is 0 Å². The first kappa shape index (κ1) is 18.8. The van der Waals surface area contributed by atoms with Crippen LogP contribution in [0.25, 0.3) is 10.2 Å². The Balaban J connectivity index is 2.03.